The van der Waals surface area contributed by atoms with E-state index in [0.717, 1.165) is 21.9 Å². The molecule has 0 saturated heterocycles. The molecule has 1 aromatic heterocycles. The van der Waals surface area contributed by atoms with Crippen LogP contribution in [0.25, 0.3) is 88.0 Å². The Morgan fingerprint density at radius 2 is 0.800 bits per heavy atom. The average Bonchev–Trinajstić information content (AvgIpc) is 3.49. The second kappa shape index (κ2) is 10.4. The monoisotopic (exact) mass is 572 g/mol. The van der Waals surface area contributed by atoms with E-state index in [4.69, 9.17) is 4.42 Å². The molecule has 0 bridgehead atoms. The number of hydrogen-bond acceptors (Lipinski definition) is 1. The Bertz CT molecular complexity index is 2520. The van der Waals surface area contributed by atoms with Gasteiger partial charge in [0.1, 0.15) is 11.2 Å². The molecule has 0 fully saturated rings. The molecule has 0 N–H and O–H groups in total. The topological polar surface area (TPSA) is 13.1 Å². The van der Waals surface area contributed by atoms with E-state index in [1.807, 2.05) is 12.1 Å². The lowest BCUT2D eigenvalue weighted by Crippen LogP contribution is -1.93. The summed E-state index contributed by atoms with van der Waals surface area (Å²) in [7, 11) is 0. The van der Waals surface area contributed by atoms with Crippen LogP contribution in [0.15, 0.2) is 174 Å². The third-order valence-corrected chi connectivity index (χ3v) is 9.08. The molecule has 0 spiro atoms. The van der Waals surface area contributed by atoms with Crippen LogP contribution < -0.4 is 0 Å². The van der Waals surface area contributed by atoms with Gasteiger partial charge in [0.25, 0.3) is 0 Å². The number of furan rings is 1. The second-order valence-electron chi connectivity index (χ2n) is 11.6. The summed E-state index contributed by atoms with van der Waals surface area (Å²) < 4.78 is 6.22. The molecule has 9 rings (SSSR count). The molecule has 0 saturated carbocycles. The van der Waals surface area contributed by atoms with E-state index in [0.29, 0.717) is 0 Å². The van der Waals surface area contributed by atoms with Crippen LogP contribution in [0.5, 0.6) is 0 Å². The normalized spacial score (nSPS) is 11.6. The molecular formula is C44H28O. The van der Waals surface area contributed by atoms with Crippen molar-refractivity contribution < 1.29 is 4.42 Å². The minimum absolute atomic E-state index is 0.910. The lowest BCUT2D eigenvalue weighted by Gasteiger charge is -2.20. The van der Waals surface area contributed by atoms with Crippen molar-refractivity contribution in [1.29, 1.82) is 0 Å². The van der Waals surface area contributed by atoms with Crippen LogP contribution in [-0.4, -0.2) is 0 Å². The SMILES string of the molecule is c1ccc(-c2ccc3c(-c4ccc5oc6ccccc6c5c4)c4ccccc4c(-c4ccccc4-c4ccccc4)c3c2)cc1. The van der Waals surface area contributed by atoms with Crippen LogP contribution in [-0.2, 0) is 0 Å². The summed E-state index contributed by atoms with van der Waals surface area (Å²) in [4.78, 5) is 0. The molecule has 0 aliphatic rings. The molecule has 1 heterocycles. The first-order valence-corrected chi connectivity index (χ1v) is 15.4. The molecule has 1 heteroatoms. The van der Waals surface area contributed by atoms with Crippen LogP contribution in [0.4, 0.5) is 0 Å². The zero-order valence-electron chi connectivity index (χ0n) is 24.6. The summed E-state index contributed by atoms with van der Waals surface area (Å²) in [5.74, 6) is 0. The quantitative estimate of drug-likeness (QED) is 0.191. The molecule has 1 nitrogen and oxygen atoms in total. The molecule has 0 radical (unpaired) electrons. The van der Waals surface area contributed by atoms with Gasteiger partial charge in [-0.15, -0.1) is 0 Å². The summed E-state index contributed by atoms with van der Waals surface area (Å²) in [6.45, 7) is 0. The fourth-order valence-electron chi connectivity index (χ4n) is 7.04. The van der Waals surface area contributed by atoms with Gasteiger partial charge in [0.05, 0.1) is 0 Å². The fraction of sp³-hybridized carbons (Fsp3) is 0. The highest BCUT2D eigenvalue weighted by molar-refractivity contribution is 6.23. The highest BCUT2D eigenvalue weighted by atomic mass is 16.3. The Kier molecular flexibility index (Phi) is 5.89. The maximum atomic E-state index is 6.22. The summed E-state index contributed by atoms with van der Waals surface area (Å²) >= 11 is 0. The molecule has 45 heavy (non-hydrogen) atoms. The van der Waals surface area contributed by atoms with E-state index in [-0.39, 0.29) is 0 Å². The number of hydrogen-bond donors (Lipinski definition) is 0. The van der Waals surface area contributed by atoms with Gasteiger partial charge in [0.15, 0.2) is 0 Å². The van der Waals surface area contributed by atoms with Gasteiger partial charge in [-0.05, 0) is 90.3 Å². The van der Waals surface area contributed by atoms with Crippen molar-refractivity contribution in [3.63, 3.8) is 0 Å². The Morgan fingerprint density at radius 1 is 0.267 bits per heavy atom. The molecule has 0 amide bonds. The van der Waals surface area contributed by atoms with Crippen LogP contribution in [0.2, 0.25) is 0 Å². The Labute approximate surface area is 261 Å². The minimum atomic E-state index is 0.910. The maximum absolute atomic E-state index is 6.22. The molecule has 8 aromatic carbocycles. The smallest absolute Gasteiger partial charge is 0.135 e. The standard InChI is InChI=1S/C44H28O/c1-3-13-29(14-4-1)31-23-25-38-40(27-31)44(35-19-8-7-17-33(35)30-15-5-2-6-16-30)37-21-10-9-20-36(37)43(38)32-24-26-42-39(28-32)34-18-11-12-22-41(34)45-42/h1-28H. The van der Waals surface area contributed by atoms with Crippen molar-refractivity contribution in [3.05, 3.63) is 170 Å². The predicted octanol–water partition coefficient (Wildman–Crippen LogP) is 12.6. The van der Waals surface area contributed by atoms with Gasteiger partial charge in [-0.25, -0.2) is 0 Å². The average molecular weight is 573 g/mol. The Balaban J connectivity index is 1.42. The Hall–Kier alpha value is -5.92. The third kappa shape index (κ3) is 4.17. The highest BCUT2D eigenvalue weighted by Gasteiger charge is 2.20. The van der Waals surface area contributed by atoms with Gasteiger partial charge < -0.3 is 4.42 Å². The number of benzene rings is 8. The minimum Gasteiger partial charge on any atom is -0.456 e. The summed E-state index contributed by atoms with van der Waals surface area (Å²) in [6, 6.07) is 61.1. The van der Waals surface area contributed by atoms with E-state index in [2.05, 4.69) is 158 Å². The summed E-state index contributed by atoms with van der Waals surface area (Å²) in [5.41, 5.74) is 11.6. The Morgan fingerprint density at radius 3 is 1.58 bits per heavy atom. The summed E-state index contributed by atoms with van der Waals surface area (Å²) in [6.07, 6.45) is 0. The van der Waals surface area contributed by atoms with Crippen LogP contribution in [0.3, 0.4) is 0 Å². The zero-order valence-corrected chi connectivity index (χ0v) is 24.6. The third-order valence-electron chi connectivity index (χ3n) is 9.08. The van der Waals surface area contributed by atoms with Gasteiger partial charge in [-0.3, -0.25) is 0 Å². The number of fused-ring (bicyclic) bond motifs is 5. The molecule has 0 aliphatic carbocycles. The van der Waals surface area contributed by atoms with Crippen molar-refractivity contribution in [2.45, 2.75) is 0 Å². The second-order valence-corrected chi connectivity index (χ2v) is 11.6. The van der Waals surface area contributed by atoms with Crippen LogP contribution in [0, 0.1) is 0 Å². The van der Waals surface area contributed by atoms with Gasteiger partial charge >= 0.3 is 0 Å². The maximum Gasteiger partial charge on any atom is 0.135 e. The van der Waals surface area contributed by atoms with Gasteiger partial charge in [0.2, 0.25) is 0 Å². The van der Waals surface area contributed by atoms with Crippen molar-refractivity contribution in [1.82, 2.24) is 0 Å². The first kappa shape index (κ1) is 25.6. The van der Waals surface area contributed by atoms with Gasteiger partial charge in [-0.1, -0.05) is 146 Å². The van der Waals surface area contributed by atoms with Crippen molar-refractivity contribution in [3.8, 4) is 44.5 Å². The molecular weight excluding hydrogens is 544 g/mol. The lowest BCUT2D eigenvalue weighted by atomic mass is 9.83. The molecule has 9 aromatic rings. The zero-order chi connectivity index (χ0) is 29.7. The lowest BCUT2D eigenvalue weighted by molar-refractivity contribution is 0.669. The number of para-hydroxylation sites is 1. The van der Waals surface area contributed by atoms with Crippen molar-refractivity contribution in [2.75, 3.05) is 0 Å². The first-order chi connectivity index (χ1) is 22.3. The van der Waals surface area contributed by atoms with Crippen molar-refractivity contribution >= 4 is 43.5 Å². The predicted molar refractivity (Wildman–Crippen MR) is 190 cm³/mol. The number of rotatable bonds is 4. The van der Waals surface area contributed by atoms with E-state index in [1.165, 1.54) is 66.1 Å². The molecule has 0 aliphatic heterocycles. The largest absolute Gasteiger partial charge is 0.456 e. The van der Waals surface area contributed by atoms with E-state index < -0.39 is 0 Å². The fourth-order valence-corrected chi connectivity index (χ4v) is 7.04. The highest BCUT2D eigenvalue weighted by Crippen LogP contribution is 2.47. The van der Waals surface area contributed by atoms with Gasteiger partial charge in [-0.2, -0.15) is 0 Å². The summed E-state index contributed by atoms with van der Waals surface area (Å²) in [5, 5.41) is 7.24. The van der Waals surface area contributed by atoms with Gasteiger partial charge in [0, 0.05) is 10.8 Å². The molecule has 0 unspecified atom stereocenters. The van der Waals surface area contributed by atoms with Crippen LogP contribution in [0.1, 0.15) is 0 Å². The molecule has 0 atom stereocenters. The van der Waals surface area contributed by atoms with Crippen LogP contribution >= 0.6 is 0 Å². The first-order valence-electron chi connectivity index (χ1n) is 15.4. The van der Waals surface area contributed by atoms with E-state index in [1.54, 1.807) is 0 Å². The molecule has 210 valence electrons. The van der Waals surface area contributed by atoms with Crippen molar-refractivity contribution in [2.24, 2.45) is 0 Å². The van der Waals surface area contributed by atoms with E-state index in [9.17, 15) is 0 Å². The van der Waals surface area contributed by atoms with E-state index >= 15 is 0 Å².